The average Bonchev–Trinajstić information content (AvgIpc) is 3.39. The summed E-state index contributed by atoms with van der Waals surface area (Å²) in [6.07, 6.45) is 19.1. The lowest BCUT2D eigenvalue weighted by Crippen LogP contribution is -2.16. The predicted octanol–water partition coefficient (Wildman–Crippen LogP) is 6.87. The monoisotopic (exact) mass is 358 g/mol. The van der Waals surface area contributed by atoms with Crippen molar-refractivity contribution in [1.29, 1.82) is 0 Å². The molecule has 0 radical (unpaired) electrons. The van der Waals surface area contributed by atoms with Crippen LogP contribution in [0.15, 0.2) is 36.4 Å². The molecule has 2 rings (SSSR count). The number of hydrogen-bond acceptors (Lipinski definition) is 2. The summed E-state index contributed by atoms with van der Waals surface area (Å²) < 4.78 is 11.2. The third-order valence-electron chi connectivity index (χ3n) is 5.06. The van der Waals surface area contributed by atoms with Gasteiger partial charge in [0.1, 0.15) is 18.0 Å². The molecular formula is C24H38O2. The maximum absolute atomic E-state index is 5.86. The Morgan fingerprint density at radius 3 is 2.42 bits per heavy atom. The van der Waals surface area contributed by atoms with E-state index in [9.17, 15) is 0 Å². The molecule has 146 valence electrons. The van der Waals surface area contributed by atoms with Gasteiger partial charge in [-0.1, -0.05) is 63.3 Å². The van der Waals surface area contributed by atoms with Crippen LogP contribution >= 0.6 is 0 Å². The molecule has 0 aliphatic carbocycles. The van der Waals surface area contributed by atoms with E-state index in [0.29, 0.717) is 6.61 Å². The highest BCUT2D eigenvalue weighted by atomic mass is 16.6. The minimum Gasteiger partial charge on any atom is -0.490 e. The first-order valence-electron chi connectivity index (χ1n) is 10.7. The van der Waals surface area contributed by atoms with E-state index in [0.717, 1.165) is 18.8 Å². The van der Waals surface area contributed by atoms with Crippen LogP contribution in [0.25, 0.3) is 0 Å². The molecule has 1 aromatic rings. The lowest BCUT2D eigenvalue weighted by atomic mass is 10.0. The number of unbranched alkanes of at least 4 members (excludes halogenated alkanes) is 8. The highest BCUT2D eigenvalue weighted by Gasteiger charge is 2.40. The maximum atomic E-state index is 5.86. The summed E-state index contributed by atoms with van der Waals surface area (Å²) in [6.45, 7) is 5.84. The van der Waals surface area contributed by atoms with Crippen molar-refractivity contribution in [2.24, 2.45) is 0 Å². The minimum atomic E-state index is -0.0410. The summed E-state index contributed by atoms with van der Waals surface area (Å²) >= 11 is 0. The van der Waals surface area contributed by atoms with Crippen molar-refractivity contribution in [3.8, 4) is 5.75 Å². The van der Waals surface area contributed by atoms with E-state index in [1.54, 1.807) is 0 Å². The van der Waals surface area contributed by atoms with Gasteiger partial charge in [-0.2, -0.15) is 0 Å². The Hall–Kier alpha value is -1.28. The summed E-state index contributed by atoms with van der Waals surface area (Å²) in [5, 5.41) is 0. The van der Waals surface area contributed by atoms with Gasteiger partial charge in [0, 0.05) is 0 Å². The Bertz CT molecular complexity index is 517. The van der Waals surface area contributed by atoms with E-state index >= 15 is 0 Å². The van der Waals surface area contributed by atoms with Crippen molar-refractivity contribution in [3.05, 3.63) is 42.0 Å². The summed E-state index contributed by atoms with van der Waals surface area (Å²) in [7, 11) is 0. The number of aryl methyl sites for hydroxylation is 1. The second-order valence-electron chi connectivity index (χ2n) is 7.95. The highest BCUT2D eigenvalue weighted by molar-refractivity contribution is 5.28. The van der Waals surface area contributed by atoms with E-state index in [2.05, 4.69) is 44.2 Å². The molecule has 1 saturated heterocycles. The van der Waals surface area contributed by atoms with Gasteiger partial charge in [-0.05, 0) is 63.1 Å². The third-order valence-corrected chi connectivity index (χ3v) is 5.06. The van der Waals surface area contributed by atoms with Crippen molar-refractivity contribution in [3.63, 3.8) is 0 Å². The molecule has 1 unspecified atom stereocenters. The van der Waals surface area contributed by atoms with Crippen LogP contribution in [0.1, 0.15) is 83.6 Å². The first-order chi connectivity index (χ1) is 12.7. The normalized spacial score (nSPS) is 19.2. The second-order valence-corrected chi connectivity index (χ2v) is 7.95. The number of ether oxygens (including phenoxy) is 2. The van der Waals surface area contributed by atoms with Gasteiger partial charge in [0.2, 0.25) is 0 Å². The van der Waals surface area contributed by atoms with E-state index in [1.807, 2.05) is 6.07 Å². The number of hydrogen-bond donors (Lipinski definition) is 0. The molecule has 26 heavy (non-hydrogen) atoms. The zero-order valence-electron chi connectivity index (χ0n) is 17.0. The van der Waals surface area contributed by atoms with Gasteiger partial charge in [0.25, 0.3) is 0 Å². The van der Waals surface area contributed by atoms with Crippen molar-refractivity contribution >= 4 is 0 Å². The number of benzene rings is 1. The Labute approximate surface area is 161 Å². The minimum absolute atomic E-state index is 0.0410. The van der Waals surface area contributed by atoms with E-state index in [-0.39, 0.29) is 5.60 Å². The van der Waals surface area contributed by atoms with Crippen molar-refractivity contribution in [1.82, 2.24) is 0 Å². The highest BCUT2D eigenvalue weighted by Crippen LogP contribution is 2.27. The molecule has 1 fully saturated rings. The average molecular weight is 359 g/mol. The fourth-order valence-corrected chi connectivity index (χ4v) is 3.10. The molecule has 0 aromatic heterocycles. The van der Waals surface area contributed by atoms with Crippen molar-refractivity contribution in [2.75, 3.05) is 13.2 Å². The topological polar surface area (TPSA) is 21.8 Å². The molecule has 0 saturated carbocycles. The number of rotatable bonds is 15. The first-order valence-corrected chi connectivity index (χ1v) is 10.7. The summed E-state index contributed by atoms with van der Waals surface area (Å²) in [5.41, 5.74) is 1.35. The molecular weight excluding hydrogens is 320 g/mol. The smallest absolute Gasteiger partial charge is 0.123 e. The van der Waals surface area contributed by atoms with Crippen LogP contribution < -0.4 is 4.74 Å². The van der Waals surface area contributed by atoms with Crippen LogP contribution in [-0.4, -0.2) is 18.8 Å². The maximum Gasteiger partial charge on any atom is 0.123 e. The largest absolute Gasteiger partial charge is 0.490 e. The molecule has 0 bridgehead atoms. The van der Waals surface area contributed by atoms with Gasteiger partial charge in [-0.3, -0.25) is 0 Å². The Balaban J connectivity index is 1.47. The van der Waals surface area contributed by atoms with Gasteiger partial charge >= 0.3 is 0 Å². The summed E-state index contributed by atoms with van der Waals surface area (Å²) in [6, 6.07) is 8.55. The van der Waals surface area contributed by atoms with Gasteiger partial charge in [0.05, 0.1) is 6.61 Å². The Morgan fingerprint density at radius 2 is 1.69 bits per heavy atom. The molecule has 0 spiro atoms. The summed E-state index contributed by atoms with van der Waals surface area (Å²) in [5.74, 6) is 0.977. The van der Waals surface area contributed by atoms with E-state index < -0.39 is 0 Å². The van der Waals surface area contributed by atoms with Crippen molar-refractivity contribution in [2.45, 2.75) is 90.1 Å². The van der Waals surface area contributed by atoms with Crippen LogP contribution in [-0.2, 0) is 11.2 Å². The fourth-order valence-electron chi connectivity index (χ4n) is 3.10. The lowest BCUT2D eigenvalue weighted by molar-refractivity contribution is 0.202. The number of epoxide rings is 1. The molecule has 1 heterocycles. The fraction of sp³-hybridized carbons (Fsp3) is 0.667. The standard InChI is InChI=1S/C24H38O2/c1-3-4-5-6-7-8-9-10-11-12-13-14-16-22-17-15-18-23(19-22)25-20-24(2)21-26-24/h7-8,15,17-19H,3-6,9-14,16,20-21H2,1-2H3/b8-7+. The second kappa shape index (κ2) is 12.2. The van der Waals surface area contributed by atoms with Gasteiger partial charge in [-0.25, -0.2) is 0 Å². The molecule has 2 heteroatoms. The Morgan fingerprint density at radius 1 is 1.00 bits per heavy atom. The van der Waals surface area contributed by atoms with Crippen LogP contribution in [0.5, 0.6) is 5.75 Å². The third kappa shape index (κ3) is 9.43. The van der Waals surface area contributed by atoms with Crippen LogP contribution in [0, 0.1) is 0 Å². The SMILES string of the molecule is CCCCC/C=C/CCCCCCCc1cccc(OCC2(C)CO2)c1. The van der Waals surface area contributed by atoms with Crippen LogP contribution in [0.3, 0.4) is 0 Å². The first kappa shape index (κ1) is 21.0. The van der Waals surface area contributed by atoms with Gasteiger partial charge in [0.15, 0.2) is 0 Å². The molecule has 1 atom stereocenters. The quantitative estimate of drug-likeness (QED) is 0.194. The molecule has 1 aliphatic rings. The predicted molar refractivity (Wildman–Crippen MR) is 111 cm³/mol. The summed E-state index contributed by atoms with van der Waals surface area (Å²) in [4.78, 5) is 0. The van der Waals surface area contributed by atoms with E-state index in [4.69, 9.17) is 9.47 Å². The molecule has 0 N–H and O–H groups in total. The van der Waals surface area contributed by atoms with Crippen LogP contribution in [0.2, 0.25) is 0 Å². The molecule has 2 nitrogen and oxygen atoms in total. The lowest BCUT2D eigenvalue weighted by Gasteiger charge is -2.10. The van der Waals surface area contributed by atoms with Crippen molar-refractivity contribution < 1.29 is 9.47 Å². The zero-order valence-corrected chi connectivity index (χ0v) is 17.0. The number of allylic oxidation sites excluding steroid dienone is 2. The molecule has 1 aromatic carbocycles. The van der Waals surface area contributed by atoms with Crippen LogP contribution in [0.4, 0.5) is 0 Å². The molecule has 0 amide bonds. The van der Waals surface area contributed by atoms with Gasteiger partial charge in [-0.15, -0.1) is 0 Å². The zero-order chi connectivity index (χ0) is 18.5. The van der Waals surface area contributed by atoms with E-state index in [1.165, 1.54) is 69.8 Å². The van der Waals surface area contributed by atoms with Gasteiger partial charge < -0.3 is 9.47 Å². The molecule has 1 aliphatic heterocycles. The Kier molecular flexibility index (Phi) is 9.84.